The monoisotopic (exact) mass is 504 g/mol. The van der Waals surface area contributed by atoms with Crippen molar-refractivity contribution in [3.05, 3.63) is 35.4 Å². The molecule has 0 radical (unpaired) electrons. The highest BCUT2D eigenvalue weighted by Gasteiger charge is 2.16. The fourth-order valence-corrected chi connectivity index (χ4v) is 2.54. The number of esters is 1. The van der Waals surface area contributed by atoms with Crippen molar-refractivity contribution < 1.29 is 19.1 Å². The minimum absolute atomic E-state index is 0. The van der Waals surface area contributed by atoms with E-state index in [-0.39, 0.29) is 48.5 Å². The lowest BCUT2D eigenvalue weighted by Gasteiger charge is -2.17. The summed E-state index contributed by atoms with van der Waals surface area (Å²) >= 11 is 0. The van der Waals surface area contributed by atoms with Gasteiger partial charge >= 0.3 is 5.97 Å². The van der Waals surface area contributed by atoms with Crippen LogP contribution in [0.3, 0.4) is 0 Å². The van der Waals surface area contributed by atoms with Crippen LogP contribution in [-0.4, -0.2) is 69.7 Å². The highest BCUT2D eigenvalue weighted by molar-refractivity contribution is 14.0. The van der Waals surface area contributed by atoms with Gasteiger partial charge in [0.1, 0.15) is 0 Å². The van der Waals surface area contributed by atoms with Crippen molar-refractivity contribution in [1.82, 2.24) is 15.5 Å². The van der Waals surface area contributed by atoms with Gasteiger partial charge in [-0.25, -0.2) is 9.79 Å². The second-order valence-electron chi connectivity index (χ2n) is 6.51. The standard InChI is InChI=1S/C19H28N4O4.HI/c1-23(2)17(24)13-22-19(21-12-16-5-4-10-27-16)20-11-14-6-8-15(9-7-14)18(25)26-3;/h6-9,16H,4-5,10-13H2,1-3H3,(H2,20,21,22);1H. The highest BCUT2D eigenvalue weighted by atomic mass is 127. The Kier molecular flexibility index (Phi) is 10.8. The van der Waals surface area contributed by atoms with Crippen molar-refractivity contribution in [3.8, 4) is 0 Å². The lowest BCUT2D eigenvalue weighted by atomic mass is 10.1. The Morgan fingerprint density at radius 1 is 1.25 bits per heavy atom. The number of rotatable bonds is 7. The topological polar surface area (TPSA) is 92.3 Å². The van der Waals surface area contributed by atoms with E-state index >= 15 is 0 Å². The second-order valence-corrected chi connectivity index (χ2v) is 6.51. The lowest BCUT2D eigenvalue weighted by Crippen LogP contribution is -2.45. The van der Waals surface area contributed by atoms with Crippen LogP contribution < -0.4 is 10.6 Å². The van der Waals surface area contributed by atoms with E-state index in [4.69, 9.17) is 9.47 Å². The number of carbonyl (C=O) groups is 2. The molecule has 1 atom stereocenters. The largest absolute Gasteiger partial charge is 0.465 e. The number of likely N-dealkylation sites (N-methyl/N-ethyl adjacent to an activating group) is 1. The molecule has 8 nitrogen and oxygen atoms in total. The third kappa shape index (κ3) is 8.01. The maximum absolute atomic E-state index is 11.8. The van der Waals surface area contributed by atoms with Gasteiger partial charge in [-0.15, -0.1) is 24.0 Å². The Morgan fingerprint density at radius 3 is 2.54 bits per heavy atom. The molecule has 1 saturated heterocycles. The number of nitrogens with zero attached hydrogens (tertiary/aromatic N) is 2. The summed E-state index contributed by atoms with van der Waals surface area (Å²) < 4.78 is 10.3. The van der Waals surface area contributed by atoms with Crippen molar-refractivity contribution >= 4 is 41.8 Å². The summed E-state index contributed by atoms with van der Waals surface area (Å²) in [6.07, 6.45) is 2.25. The molecule has 0 spiro atoms. The first-order valence-electron chi connectivity index (χ1n) is 9.00. The number of hydrogen-bond donors (Lipinski definition) is 2. The molecular formula is C19H29IN4O4. The molecule has 1 aliphatic rings. The number of nitrogens with one attached hydrogen (secondary N) is 2. The minimum atomic E-state index is -0.368. The zero-order valence-electron chi connectivity index (χ0n) is 16.6. The molecule has 0 aliphatic carbocycles. The molecule has 1 aromatic carbocycles. The summed E-state index contributed by atoms with van der Waals surface area (Å²) in [5.74, 6) is 0.148. The second kappa shape index (κ2) is 12.6. The first-order chi connectivity index (χ1) is 13.0. The van der Waals surface area contributed by atoms with Gasteiger partial charge in [-0.2, -0.15) is 0 Å². The Bertz CT molecular complexity index is 658. The average molecular weight is 504 g/mol. The van der Waals surface area contributed by atoms with E-state index in [1.54, 1.807) is 26.2 Å². The van der Waals surface area contributed by atoms with Crippen LogP contribution in [0, 0.1) is 0 Å². The molecule has 28 heavy (non-hydrogen) atoms. The Labute approximate surface area is 183 Å². The van der Waals surface area contributed by atoms with Gasteiger partial charge < -0.3 is 25.0 Å². The summed E-state index contributed by atoms with van der Waals surface area (Å²) in [6.45, 7) is 2.01. The molecule has 1 heterocycles. The van der Waals surface area contributed by atoms with Gasteiger partial charge in [-0.1, -0.05) is 12.1 Å². The minimum Gasteiger partial charge on any atom is -0.465 e. The number of hydrogen-bond acceptors (Lipinski definition) is 5. The molecular weight excluding hydrogens is 475 g/mol. The molecule has 1 amide bonds. The SMILES string of the molecule is COC(=O)c1ccc(CN=C(NCC(=O)N(C)C)NCC2CCCO2)cc1.I. The Balaban J connectivity index is 0.00000392. The summed E-state index contributed by atoms with van der Waals surface area (Å²) in [7, 11) is 4.78. The van der Waals surface area contributed by atoms with Gasteiger partial charge in [-0.3, -0.25) is 4.79 Å². The fraction of sp³-hybridized carbons (Fsp3) is 0.526. The number of ether oxygens (including phenoxy) is 2. The molecule has 1 aromatic rings. The number of amides is 1. The van der Waals surface area contributed by atoms with E-state index in [9.17, 15) is 9.59 Å². The number of guanidine groups is 1. The van der Waals surface area contributed by atoms with E-state index in [1.807, 2.05) is 12.1 Å². The van der Waals surface area contributed by atoms with Crippen LogP contribution in [0.15, 0.2) is 29.3 Å². The van der Waals surface area contributed by atoms with E-state index in [0.717, 1.165) is 25.0 Å². The van der Waals surface area contributed by atoms with Crippen LogP contribution in [0.2, 0.25) is 0 Å². The smallest absolute Gasteiger partial charge is 0.337 e. The van der Waals surface area contributed by atoms with Gasteiger partial charge in [-0.05, 0) is 30.5 Å². The highest BCUT2D eigenvalue weighted by Crippen LogP contribution is 2.10. The van der Waals surface area contributed by atoms with E-state index in [2.05, 4.69) is 15.6 Å². The van der Waals surface area contributed by atoms with Crippen LogP contribution in [0.4, 0.5) is 0 Å². The third-order valence-electron chi connectivity index (χ3n) is 4.22. The van der Waals surface area contributed by atoms with Gasteiger partial charge in [0.05, 0.1) is 31.9 Å². The van der Waals surface area contributed by atoms with Crippen LogP contribution in [0.5, 0.6) is 0 Å². The number of aliphatic imine (C=N–C) groups is 1. The van der Waals surface area contributed by atoms with E-state index in [0.29, 0.717) is 24.6 Å². The van der Waals surface area contributed by atoms with E-state index < -0.39 is 0 Å². The van der Waals surface area contributed by atoms with Crippen molar-refractivity contribution in [2.24, 2.45) is 4.99 Å². The predicted molar refractivity (Wildman–Crippen MR) is 118 cm³/mol. The number of halogens is 1. The van der Waals surface area contributed by atoms with Crippen LogP contribution in [0.1, 0.15) is 28.8 Å². The summed E-state index contributed by atoms with van der Waals surface area (Å²) in [5.41, 5.74) is 1.44. The molecule has 0 saturated carbocycles. The molecule has 1 unspecified atom stereocenters. The molecule has 156 valence electrons. The number of methoxy groups -OCH3 is 1. The maximum Gasteiger partial charge on any atom is 0.337 e. The molecule has 9 heteroatoms. The Hall–Kier alpha value is -1.88. The van der Waals surface area contributed by atoms with Crippen LogP contribution in [-0.2, 0) is 20.8 Å². The first-order valence-corrected chi connectivity index (χ1v) is 9.00. The van der Waals surface area contributed by atoms with Crippen molar-refractivity contribution in [1.29, 1.82) is 0 Å². The molecule has 2 rings (SSSR count). The van der Waals surface area contributed by atoms with Crippen molar-refractivity contribution in [3.63, 3.8) is 0 Å². The summed E-state index contributed by atoms with van der Waals surface area (Å²) in [4.78, 5) is 29.4. The lowest BCUT2D eigenvalue weighted by molar-refractivity contribution is -0.127. The number of carbonyl (C=O) groups excluding carboxylic acids is 2. The zero-order valence-corrected chi connectivity index (χ0v) is 18.9. The van der Waals surface area contributed by atoms with Crippen molar-refractivity contribution in [2.45, 2.75) is 25.5 Å². The van der Waals surface area contributed by atoms with Gasteiger partial charge in [0, 0.05) is 27.2 Å². The van der Waals surface area contributed by atoms with Crippen LogP contribution >= 0.6 is 24.0 Å². The quantitative estimate of drug-likeness (QED) is 0.253. The predicted octanol–water partition coefficient (Wildman–Crippen LogP) is 1.39. The maximum atomic E-state index is 11.8. The molecule has 0 aromatic heterocycles. The van der Waals surface area contributed by atoms with Crippen molar-refractivity contribution in [2.75, 3.05) is 40.9 Å². The molecule has 1 aliphatic heterocycles. The van der Waals surface area contributed by atoms with Gasteiger partial charge in [0.15, 0.2) is 5.96 Å². The molecule has 1 fully saturated rings. The molecule has 2 N–H and O–H groups in total. The van der Waals surface area contributed by atoms with E-state index in [1.165, 1.54) is 12.0 Å². The average Bonchev–Trinajstić information content (AvgIpc) is 3.20. The summed E-state index contributed by atoms with van der Waals surface area (Å²) in [6, 6.07) is 7.08. The number of benzene rings is 1. The normalized spacial score (nSPS) is 16.1. The zero-order chi connectivity index (χ0) is 19.6. The van der Waals surface area contributed by atoms with Gasteiger partial charge in [0.2, 0.25) is 5.91 Å². The first kappa shape index (κ1) is 24.2. The fourth-order valence-electron chi connectivity index (χ4n) is 2.54. The summed E-state index contributed by atoms with van der Waals surface area (Å²) in [5, 5.41) is 6.29. The third-order valence-corrected chi connectivity index (χ3v) is 4.22. The van der Waals surface area contributed by atoms with Gasteiger partial charge in [0.25, 0.3) is 0 Å². The molecule has 0 bridgehead atoms. The Morgan fingerprint density at radius 2 is 1.96 bits per heavy atom. The van der Waals surface area contributed by atoms with Crippen LogP contribution in [0.25, 0.3) is 0 Å².